The van der Waals surface area contributed by atoms with E-state index in [1.807, 2.05) is 18.2 Å². The normalized spacial score (nSPS) is 18.1. The van der Waals surface area contributed by atoms with Crippen molar-refractivity contribution >= 4 is 6.03 Å². The van der Waals surface area contributed by atoms with Crippen molar-refractivity contribution in [1.82, 2.24) is 25.4 Å². The lowest BCUT2D eigenvalue weighted by atomic mass is 9.88. The van der Waals surface area contributed by atoms with E-state index in [1.54, 1.807) is 0 Å². The van der Waals surface area contributed by atoms with Crippen LogP contribution in [0.1, 0.15) is 49.3 Å². The Kier molecular flexibility index (Phi) is 4.42. The van der Waals surface area contributed by atoms with Crippen molar-refractivity contribution in [3.8, 4) is 0 Å². The van der Waals surface area contributed by atoms with Crippen LogP contribution in [-0.2, 0) is 24.9 Å². The second-order valence-electron chi connectivity index (χ2n) is 7.07. The van der Waals surface area contributed by atoms with Crippen LogP contribution < -0.4 is 10.6 Å². The predicted molar refractivity (Wildman–Crippen MR) is 95.2 cm³/mol. The summed E-state index contributed by atoms with van der Waals surface area (Å²) in [6.45, 7) is 1.58. The van der Waals surface area contributed by atoms with Crippen LogP contribution in [0, 0.1) is 0 Å². The summed E-state index contributed by atoms with van der Waals surface area (Å²) in [6, 6.07) is 10.2. The minimum Gasteiger partial charge on any atom is -0.338 e. The molecule has 0 saturated heterocycles. The summed E-state index contributed by atoms with van der Waals surface area (Å²) in [5, 5.41) is 14.7. The van der Waals surface area contributed by atoms with Gasteiger partial charge in [-0.2, -0.15) is 0 Å². The number of carbonyl (C=O) groups is 1. The maximum absolute atomic E-state index is 12.5. The van der Waals surface area contributed by atoms with Crippen molar-refractivity contribution in [2.24, 2.45) is 0 Å². The highest BCUT2D eigenvalue weighted by Crippen LogP contribution is 2.38. The van der Waals surface area contributed by atoms with Gasteiger partial charge in [0.15, 0.2) is 0 Å². The van der Waals surface area contributed by atoms with Crippen molar-refractivity contribution in [2.75, 3.05) is 6.54 Å². The molecule has 1 aliphatic heterocycles. The molecular formula is C19H25N5O. The minimum atomic E-state index is -0.221. The van der Waals surface area contributed by atoms with Gasteiger partial charge in [-0.3, -0.25) is 0 Å². The average Bonchev–Trinajstić information content (AvgIpc) is 3.34. The second-order valence-corrected chi connectivity index (χ2v) is 7.07. The van der Waals surface area contributed by atoms with Gasteiger partial charge in [-0.25, -0.2) is 4.79 Å². The van der Waals surface area contributed by atoms with E-state index in [1.165, 1.54) is 5.56 Å². The first-order valence-corrected chi connectivity index (χ1v) is 9.29. The monoisotopic (exact) mass is 339 g/mol. The van der Waals surface area contributed by atoms with Gasteiger partial charge in [0.25, 0.3) is 0 Å². The topological polar surface area (TPSA) is 71.8 Å². The third-order valence-corrected chi connectivity index (χ3v) is 5.46. The fraction of sp³-hybridized carbons (Fsp3) is 0.526. The lowest BCUT2D eigenvalue weighted by molar-refractivity contribution is 0.224. The Labute approximate surface area is 148 Å². The first-order valence-electron chi connectivity index (χ1n) is 9.29. The summed E-state index contributed by atoms with van der Waals surface area (Å²) < 4.78 is 2.18. The van der Waals surface area contributed by atoms with E-state index in [-0.39, 0.29) is 11.6 Å². The summed E-state index contributed by atoms with van der Waals surface area (Å²) in [6.07, 6.45) is 7.19. The second kappa shape index (κ2) is 6.86. The predicted octanol–water partition coefficient (Wildman–Crippen LogP) is 2.54. The smallest absolute Gasteiger partial charge is 0.315 e. The molecule has 1 fully saturated rings. The molecule has 1 aliphatic carbocycles. The number of aryl methyl sites for hydroxylation is 1. The van der Waals surface area contributed by atoms with E-state index in [4.69, 9.17) is 0 Å². The van der Waals surface area contributed by atoms with Crippen LogP contribution in [0.3, 0.4) is 0 Å². The average molecular weight is 339 g/mol. The Morgan fingerprint density at radius 2 is 1.92 bits per heavy atom. The van der Waals surface area contributed by atoms with Crippen molar-refractivity contribution < 1.29 is 4.79 Å². The molecule has 1 aromatic heterocycles. The molecule has 0 unspecified atom stereocenters. The molecule has 2 N–H and O–H groups in total. The molecule has 1 saturated carbocycles. The molecule has 1 aromatic carbocycles. The van der Waals surface area contributed by atoms with Crippen molar-refractivity contribution in [3.05, 3.63) is 47.5 Å². The quantitative estimate of drug-likeness (QED) is 0.879. The van der Waals surface area contributed by atoms with Gasteiger partial charge >= 0.3 is 6.03 Å². The van der Waals surface area contributed by atoms with Gasteiger partial charge < -0.3 is 15.2 Å². The molecule has 25 heavy (non-hydrogen) atoms. The summed E-state index contributed by atoms with van der Waals surface area (Å²) >= 11 is 0. The number of benzene rings is 1. The first-order chi connectivity index (χ1) is 12.3. The maximum Gasteiger partial charge on any atom is 0.315 e. The summed E-state index contributed by atoms with van der Waals surface area (Å²) in [5.41, 5.74) is 0.986. The number of urea groups is 1. The number of hydrogen-bond acceptors (Lipinski definition) is 3. The van der Waals surface area contributed by atoms with Crippen LogP contribution in [0.2, 0.25) is 0 Å². The molecule has 6 heteroatoms. The van der Waals surface area contributed by atoms with Crippen LogP contribution in [0.25, 0.3) is 0 Å². The number of hydrogen-bond donors (Lipinski definition) is 2. The fourth-order valence-electron chi connectivity index (χ4n) is 4.17. The number of nitrogens with zero attached hydrogens (tertiary/aromatic N) is 3. The van der Waals surface area contributed by atoms with Gasteiger partial charge in [0, 0.05) is 25.9 Å². The minimum absolute atomic E-state index is 0.0908. The van der Waals surface area contributed by atoms with E-state index in [2.05, 4.69) is 37.5 Å². The van der Waals surface area contributed by atoms with Crippen LogP contribution in [-0.4, -0.2) is 27.3 Å². The van der Waals surface area contributed by atoms with Crippen LogP contribution in [0.15, 0.2) is 30.3 Å². The van der Waals surface area contributed by atoms with Gasteiger partial charge in [-0.15, -0.1) is 10.2 Å². The van der Waals surface area contributed by atoms with Gasteiger partial charge in [-0.05, 0) is 24.8 Å². The molecule has 4 rings (SSSR count). The Bertz CT molecular complexity index is 734. The van der Waals surface area contributed by atoms with Crippen molar-refractivity contribution in [3.63, 3.8) is 0 Å². The molecule has 2 amide bonds. The SMILES string of the molecule is O=C(NCCc1nnc2n1CCC2)NC1(c2ccccc2)CCCC1. The number of rotatable bonds is 5. The number of fused-ring (bicyclic) bond motifs is 1. The fourth-order valence-corrected chi connectivity index (χ4v) is 4.17. The Hall–Kier alpha value is -2.37. The number of aromatic nitrogens is 3. The van der Waals surface area contributed by atoms with Crippen LogP contribution in [0.4, 0.5) is 4.79 Å². The highest BCUT2D eigenvalue weighted by Gasteiger charge is 2.36. The lowest BCUT2D eigenvalue weighted by Crippen LogP contribution is -2.48. The lowest BCUT2D eigenvalue weighted by Gasteiger charge is -2.31. The molecule has 2 aromatic rings. The van der Waals surface area contributed by atoms with Gasteiger partial charge in [0.1, 0.15) is 11.6 Å². The van der Waals surface area contributed by atoms with E-state index in [0.29, 0.717) is 6.54 Å². The Morgan fingerprint density at radius 3 is 2.72 bits per heavy atom. The molecule has 2 aliphatic rings. The molecule has 6 nitrogen and oxygen atoms in total. The van der Waals surface area contributed by atoms with Crippen molar-refractivity contribution in [1.29, 1.82) is 0 Å². The zero-order valence-electron chi connectivity index (χ0n) is 14.5. The molecule has 0 atom stereocenters. The molecule has 132 valence electrons. The third-order valence-electron chi connectivity index (χ3n) is 5.46. The van der Waals surface area contributed by atoms with E-state index >= 15 is 0 Å². The van der Waals surface area contributed by atoms with Crippen molar-refractivity contribution in [2.45, 2.75) is 57.0 Å². The van der Waals surface area contributed by atoms with Crippen LogP contribution >= 0.6 is 0 Å². The number of nitrogens with one attached hydrogen (secondary N) is 2. The number of carbonyl (C=O) groups excluding carboxylic acids is 1. The van der Waals surface area contributed by atoms with E-state index in [9.17, 15) is 4.79 Å². The third kappa shape index (κ3) is 3.25. The summed E-state index contributed by atoms with van der Waals surface area (Å²) in [5.74, 6) is 2.06. The van der Waals surface area contributed by atoms with Gasteiger partial charge in [-0.1, -0.05) is 43.2 Å². The van der Waals surface area contributed by atoms with Gasteiger partial charge in [0.05, 0.1) is 5.54 Å². The standard InChI is InChI=1S/C19H25N5O/c25-18(20-13-10-17-23-22-16-9-6-14-24(16)17)21-19(11-4-5-12-19)15-7-2-1-3-8-15/h1-3,7-8H,4-6,9-14H2,(H2,20,21,25). The number of amides is 2. The first kappa shape index (κ1) is 16.1. The van der Waals surface area contributed by atoms with E-state index < -0.39 is 0 Å². The Balaban J connectivity index is 1.34. The van der Waals surface area contributed by atoms with Gasteiger partial charge in [0.2, 0.25) is 0 Å². The largest absolute Gasteiger partial charge is 0.338 e. The molecule has 2 heterocycles. The highest BCUT2D eigenvalue weighted by atomic mass is 16.2. The molecule has 0 bridgehead atoms. The zero-order chi connectivity index (χ0) is 17.1. The molecule has 0 spiro atoms. The van der Waals surface area contributed by atoms with E-state index in [0.717, 1.165) is 63.1 Å². The zero-order valence-corrected chi connectivity index (χ0v) is 14.5. The molecule has 0 radical (unpaired) electrons. The summed E-state index contributed by atoms with van der Waals surface area (Å²) in [4.78, 5) is 12.5. The Morgan fingerprint density at radius 1 is 1.12 bits per heavy atom. The van der Waals surface area contributed by atoms with Crippen LogP contribution in [0.5, 0.6) is 0 Å². The maximum atomic E-state index is 12.5. The summed E-state index contributed by atoms with van der Waals surface area (Å²) in [7, 11) is 0. The highest BCUT2D eigenvalue weighted by molar-refractivity contribution is 5.75. The molecular weight excluding hydrogens is 314 g/mol.